The van der Waals surface area contributed by atoms with Crippen molar-refractivity contribution in [3.05, 3.63) is 88.6 Å². The fourth-order valence-corrected chi connectivity index (χ4v) is 3.17. The first kappa shape index (κ1) is 17.5. The van der Waals surface area contributed by atoms with Crippen molar-refractivity contribution in [2.75, 3.05) is 0 Å². The summed E-state index contributed by atoms with van der Waals surface area (Å²) >= 11 is 0. The molecular weight excluding hydrogens is 354 g/mol. The molecule has 0 aliphatic heterocycles. The smallest absolute Gasteiger partial charge is 0.260 e. The molecule has 4 aromatic rings. The van der Waals surface area contributed by atoms with Crippen molar-refractivity contribution in [3.63, 3.8) is 0 Å². The first-order chi connectivity index (χ1) is 13.6. The Bertz CT molecular complexity index is 1200. The fraction of sp³-hybridized carbons (Fsp3) is 0.0455. The third kappa shape index (κ3) is 3.35. The fourth-order valence-electron chi connectivity index (χ4n) is 3.17. The number of carbonyl (C=O) groups is 1. The average Bonchev–Trinajstić information content (AvgIpc) is 2.72. The van der Waals surface area contributed by atoms with Gasteiger partial charge in [0.2, 0.25) is 0 Å². The zero-order valence-electron chi connectivity index (χ0n) is 14.9. The van der Waals surface area contributed by atoms with Crippen molar-refractivity contribution in [1.29, 1.82) is 0 Å². The van der Waals surface area contributed by atoms with Crippen LogP contribution in [0.1, 0.15) is 5.56 Å². The van der Waals surface area contributed by atoms with Crippen LogP contribution in [0.3, 0.4) is 0 Å². The number of rotatable bonds is 4. The lowest BCUT2D eigenvalue weighted by molar-refractivity contribution is -0.121. The van der Waals surface area contributed by atoms with Crippen molar-refractivity contribution in [2.45, 2.75) is 6.54 Å². The van der Waals surface area contributed by atoms with E-state index >= 15 is 0 Å². The summed E-state index contributed by atoms with van der Waals surface area (Å²) in [6.07, 6.45) is 1.50. The molecule has 4 rings (SSSR count). The van der Waals surface area contributed by atoms with Gasteiger partial charge in [0.1, 0.15) is 12.3 Å². The molecule has 138 valence electrons. The SMILES string of the molecule is O=C(Cn1c2ccccc2c(=O)c2ccccc21)N/N=C\c1ccc(O)cc1. The van der Waals surface area contributed by atoms with Gasteiger partial charge in [-0.3, -0.25) is 9.59 Å². The van der Waals surface area contributed by atoms with Crippen LogP contribution in [-0.4, -0.2) is 21.8 Å². The quantitative estimate of drug-likeness (QED) is 0.329. The predicted octanol–water partition coefficient (Wildman–Crippen LogP) is 3.01. The molecule has 3 aromatic carbocycles. The molecule has 28 heavy (non-hydrogen) atoms. The number of carbonyl (C=O) groups excluding carboxylic acids is 1. The van der Waals surface area contributed by atoms with E-state index in [1.165, 1.54) is 6.21 Å². The van der Waals surface area contributed by atoms with E-state index in [1.54, 1.807) is 36.4 Å². The number of amides is 1. The highest BCUT2D eigenvalue weighted by molar-refractivity contribution is 5.95. The Kier molecular flexibility index (Phi) is 4.60. The summed E-state index contributed by atoms with van der Waals surface area (Å²) in [5.74, 6) is -0.146. The molecule has 1 heterocycles. The van der Waals surface area contributed by atoms with E-state index in [9.17, 15) is 14.7 Å². The Morgan fingerprint density at radius 2 is 1.50 bits per heavy atom. The van der Waals surface area contributed by atoms with Gasteiger partial charge in [-0.1, -0.05) is 24.3 Å². The van der Waals surface area contributed by atoms with E-state index in [0.29, 0.717) is 21.8 Å². The standard InChI is InChI=1S/C22H17N3O3/c26-16-11-9-15(10-12-16)13-23-24-21(27)14-25-19-7-3-1-5-17(19)22(28)18-6-2-4-8-20(18)25/h1-13,26H,14H2,(H,24,27)/b23-13-. The minimum Gasteiger partial charge on any atom is -0.508 e. The normalized spacial score (nSPS) is 11.3. The highest BCUT2D eigenvalue weighted by atomic mass is 16.3. The molecule has 0 aliphatic carbocycles. The van der Waals surface area contributed by atoms with Gasteiger partial charge >= 0.3 is 0 Å². The second-order valence-corrected chi connectivity index (χ2v) is 6.33. The van der Waals surface area contributed by atoms with Crippen LogP contribution in [0, 0.1) is 0 Å². The lowest BCUT2D eigenvalue weighted by Gasteiger charge is -2.14. The monoisotopic (exact) mass is 371 g/mol. The molecule has 0 radical (unpaired) electrons. The summed E-state index contributed by atoms with van der Waals surface area (Å²) in [4.78, 5) is 25.2. The van der Waals surface area contributed by atoms with Crippen molar-refractivity contribution >= 4 is 33.9 Å². The van der Waals surface area contributed by atoms with Crippen LogP contribution in [0.5, 0.6) is 5.75 Å². The molecule has 0 saturated carbocycles. The van der Waals surface area contributed by atoms with Gasteiger partial charge in [-0.05, 0) is 54.1 Å². The van der Waals surface area contributed by atoms with Gasteiger partial charge < -0.3 is 9.67 Å². The highest BCUT2D eigenvalue weighted by Gasteiger charge is 2.12. The van der Waals surface area contributed by atoms with Gasteiger partial charge in [-0.2, -0.15) is 5.10 Å². The first-order valence-electron chi connectivity index (χ1n) is 8.75. The van der Waals surface area contributed by atoms with Crippen LogP contribution in [0.25, 0.3) is 21.8 Å². The van der Waals surface area contributed by atoms with Crippen LogP contribution >= 0.6 is 0 Å². The third-order valence-electron chi connectivity index (χ3n) is 4.48. The van der Waals surface area contributed by atoms with Crippen LogP contribution in [-0.2, 0) is 11.3 Å². The van der Waals surface area contributed by atoms with E-state index in [2.05, 4.69) is 10.5 Å². The molecule has 0 atom stereocenters. The van der Waals surface area contributed by atoms with Gasteiger partial charge in [-0.15, -0.1) is 0 Å². The molecule has 0 unspecified atom stereocenters. The number of hydrogen-bond acceptors (Lipinski definition) is 4. The number of phenols is 1. The van der Waals surface area contributed by atoms with E-state index < -0.39 is 0 Å². The molecule has 6 heteroatoms. The first-order valence-corrected chi connectivity index (χ1v) is 8.75. The number of nitrogens with one attached hydrogen (secondary N) is 1. The second kappa shape index (κ2) is 7.36. The van der Waals surface area contributed by atoms with Crippen molar-refractivity contribution in [3.8, 4) is 5.75 Å². The minimum absolute atomic E-state index is 0.0220. The van der Waals surface area contributed by atoms with Crippen molar-refractivity contribution in [1.82, 2.24) is 9.99 Å². The van der Waals surface area contributed by atoms with Crippen molar-refractivity contribution in [2.24, 2.45) is 5.10 Å². The zero-order chi connectivity index (χ0) is 19.5. The second-order valence-electron chi connectivity index (χ2n) is 6.33. The molecule has 1 amide bonds. The Morgan fingerprint density at radius 3 is 2.11 bits per heavy atom. The maximum atomic E-state index is 12.7. The summed E-state index contributed by atoms with van der Waals surface area (Å²) in [6.45, 7) is 0.0220. The van der Waals surface area contributed by atoms with Crippen LogP contribution in [0.4, 0.5) is 0 Å². The Hall–Kier alpha value is -3.93. The lowest BCUT2D eigenvalue weighted by atomic mass is 10.1. The van der Waals surface area contributed by atoms with Gasteiger partial charge in [-0.25, -0.2) is 5.43 Å². The summed E-state index contributed by atoms with van der Waals surface area (Å²) < 4.78 is 1.82. The molecule has 2 N–H and O–H groups in total. The van der Waals surface area contributed by atoms with Crippen LogP contribution < -0.4 is 10.9 Å². The Balaban J connectivity index is 1.65. The van der Waals surface area contributed by atoms with E-state index in [4.69, 9.17) is 0 Å². The summed E-state index contributed by atoms with van der Waals surface area (Å²) in [5.41, 5.74) is 4.60. The molecule has 0 spiro atoms. The number of benzene rings is 3. The summed E-state index contributed by atoms with van der Waals surface area (Å²) in [6, 6.07) is 21.0. The maximum absolute atomic E-state index is 12.7. The molecule has 0 aliphatic rings. The van der Waals surface area contributed by atoms with Crippen LogP contribution in [0.2, 0.25) is 0 Å². The Morgan fingerprint density at radius 1 is 0.929 bits per heavy atom. The number of nitrogens with zero attached hydrogens (tertiary/aromatic N) is 2. The predicted molar refractivity (Wildman–Crippen MR) is 110 cm³/mol. The number of aromatic hydroxyl groups is 1. The number of fused-ring (bicyclic) bond motifs is 2. The van der Waals surface area contributed by atoms with E-state index in [-0.39, 0.29) is 23.6 Å². The summed E-state index contributed by atoms with van der Waals surface area (Å²) in [5, 5.41) is 14.4. The number of phenolic OH excluding ortho intramolecular Hbond substituents is 1. The molecule has 0 fully saturated rings. The van der Waals surface area contributed by atoms with Crippen molar-refractivity contribution < 1.29 is 9.90 Å². The molecule has 6 nitrogen and oxygen atoms in total. The summed E-state index contributed by atoms with van der Waals surface area (Å²) in [7, 11) is 0. The Labute approximate surface area is 160 Å². The number of para-hydroxylation sites is 2. The maximum Gasteiger partial charge on any atom is 0.260 e. The number of hydrogen-bond donors (Lipinski definition) is 2. The van der Waals surface area contributed by atoms with Crippen LogP contribution in [0.15, 0.2) is 82.7 Å². The lowest BCUT2D eigenvalue weighted by Crippen LogP contribution is -2.25. The number of aromatic nitrogens is 1. The zero-order valence-corrected chi connectivity index (χ0v) is 14.9. The number of pyridine rings is 1. The van der Waals surface area contributed by atoms with E-state index in [1.807, 2.05) is 41.0 Å². The molecule has 1 aromatic heterocycles. The molecule has 0 bridgehead atoms. The highest BCUT2D eigenvalue weighted by Crippen LogP contribution is 2.18. The van der Waals surface area contributed by atoms with E-state index in [0.717, 1.165) is 5.56 Å². The molecular formula is C22H17N3O3. The van der Waals surface area contributed by atoms with Gasteiger partial charge in [0.15, 0.2) is 5.43 Å². The topological polar surface area (TPSA) is 83.7 Å². The number of hydrazone groups is 1. The average molecular weight is 371 g/mol. The largest absolute Gasteiger partial charge is 0.508 e. The third-order valence-corrected chi connectivity index (χ3v) is 4.48. The van der Waals surface area contributed by atoms with Gasteiger partial charge in [0.25, 0.3) is 5.91 Å². The molecule has 0 saturated heterocycles. The van der Waals surface area contributed by atoms with Gasteiger partial charge in [0, 0.05) is 10.8 Å². The minimum atomic E-state index is -0.311. The van der Waals surface area contributed by atoms with Gasteiger partial charge in [0.05, 0.1) is 17.2 Å².